The van der Waals surface area contributed by atoms with E-state index in [4.69, 9.17) is 16.3 Å². The van der Waals surface area contributed by atoms with Crippen LogP contribution >= 0.6 is 11.6 Å². The van der Waals surface area contributed by atoms with E-state index in [9.17, 15) is 14.4 Å². The van der Waals surface area contributed by atoms with Gasteiger partial charge in [-0.1, -0.05) is 11.6 Å². The Bertz CT molecular complexity index is 1230. The third-order valence-electron chi connectivity index (χ3n) is 5.04. The Morgan fingerprint density at radius 1 is 1.11 bits per heavy atom. The highest BCUT2D eigenvalue weighted by atomic mass is 35.5. The summed E-state index contributed by atoms with van der Waals surface area (Å²) in [7, 11) is 0. The normalized spacial score (nSPS) is 10.5. The molecule has 0 saturated carbocycles. The van der Waals surface area contributed by atoms with Crippen molar-refractivity contribution in [3.05, 3.63) is 86.8 Å². The summed E-state index contributed by atoms with van der Waals surface area (Å²) in [6, 6.07) is 6.71. The fourth-order valence-corrected chi connectivity index (χ4v) is 3.43. The number of nitrogens with zero attached hydrogens (tertiary/aromatic N) is 3. The van der Waals surface area contributed by atoms with Gasteiger partial charge in [0, 0.05) is 47.8 Å². The van der Waals surface area contributed by atoms with Crippen LogP contribution in [0.4, 0.5) is 0 Å². The van der Waals surface area contributed by atoms with Crippen LogP contribution in [-0.4, -0.2) is 39.6 Å². The monoisotopic (exact) mass is 498 g/mol. The molecule has 0 fully saturated rings. The van der Waals surface area contributed by atoms with Crippen molar-refractivity contribution >= 4 is 23.4 Å². The van der Waals surface area contributed by atoms with Gasteiger partial charge in [0.15, 0.2) is 6.61 Å². The van der Waals surface area contributed by atoms with Gasteiger partial charge in [-0.25, -0.2) is 4.68 Å². The van der Waals surface area contributed by atoms with Gasteiger partial charge in [-0.3, -0.25) is 24.4 Å². The molecule has 0 radical (unpaired) electrons. The highest BCUT2D eigenvalue weighted by Crippen LogP contribution is 2.23. The lowest BCUT2D eigenvalue weighted by Crippen LogP contribution is -2.34. The Morgan fingerprint density at radius 3 is 2.69 bits per heavy atom. The van der Waals surface area contributed by atoms with E-state index < -0.39 is 0 Å². The van der Waals surface area contributed by atoms with E-state index in [1.807, 2.05) is 6.92 Å². The molecule has 2 amide bonds. The number of carbonyl (C=O) groups is 2. The van der Waals surface area contributed by atoms with E-state index in [2.05, 4.69) is 26.0 Å². The van der Waals surface area contributed by atoms with Crippen molar-refractivity contribution in [2.24, 2.45) is 0 Å². The number of rotatable bonds is 11. The molecule has 10 nitrogen and oxygen atoms in total. The molecule has 3 N–H and O–H groups in total. The van der Waals surface area contributed by atoms with Crippen molar-refractivity contribution in [1.82, 2.24) is 25.3 Å². The molecular weight excluding hydrogens is 472 g/mol. The van der Waals surface area contributed by atoms with Crippen molar-refractivity contribution in [2.75, 3.05) is 18.6 Å². The zero-order valence-electron chi connectivity index (χ0n) is 19.5. The molecule has 0 aliphatic carbocycles. The van der Waals surface area contributed by atoms with Crippen molar-refractivity contribution in [3.8, 4) is 5.75 Å². The van der Waals surface area contributed by atoms with Gasteiger partial charge in [0.1, 0.15) is 5.75 Å². The molecule has 3 aromatic rings. The topological polar surface area (TPSA) is 127 Å². The molecule has 2 aromatic heterocycles. The van der Waals surface area contributed by atoms with Gasteiger partial charge in [-0.2, -0.15) is 0 Å². The summed E-state index contributed by atoms with van der Waals surface area (Å²) in [5.41, 5.74) is 5.02. The summed E-state index contributed by atoms with van der Waals surface area (Å²) in [4.78, 5) is 45.5. The summed E-state index contributed by atoms with van der Waals surface area (Å²) in [6.07, 6.45) is 6.25. The number of likely N-dealkylation sites (N-methyl/N-ethyl adjacent to an activating group) is 1. The van der Waals surface area contributed by atoms with E-state index in [-0.39, 0.29) is 36.9 Å². The molecule has 0 saturated heterocycles. The van der Waals surface area contributed by atoms with Gasteiger partial charge in [0.05, 0.1) is 24.9 Å². The zero-order valence-corrected chi connectivity index (χ0v) is 20.3. The number of ether oxygens (including phenoxy) is 1. The van der Waals surface area contributed by atoms with E-state index in [1.54, 1.807) is 56.0 Å². The molecule has 184 valence electrons. The van der Waals surface area contributed by atoms with Crippen LogP contribution in [0.25, 0.3) is 0 Å². The standard InChI is InChI=1S/C24H27ClN6O4/c1-3-27-23(33)15-35-21-5-4-18(25)10-17(21)12-29-22(32)11-20-16(2)6-9-31(24(20)34)30-14-19-13-26-7-8-28-19/h4-10,13,30H,3,11-12,14-15H2,1-2H3,(H,27,33)(H,29,32). The van der Waals surface area contributed by atoms with Gasteiger partial charge in [-0.05, 0) is 43.7 Å². The third kappa shape index (κ3) is 7.54. The number of halogens is 1. The van der Waals surface area contributed by atoms with E-state index in [0.29, 0.717) is 46.2 Å². The molecule has 0 unspecified atom stereocenters. The first kappa shape index (κ1) is 25.7. The first-order chi connectivity index (χ1) is 16.9. The van der Waals surface area contributed by atoms with Gasteiger partial charge in [0.25, 0.3) is 11.5 Å². The molecule has 0 atom stereocenters. The molecular formula is C24H27ClN6O4. The number of nitrogens with one attached hydrogen (secondary N) is 3. The van der Waals surface area contributed by atoms with Crippen LogP contribution in [0.5, 0.6) is 5.75 Å². The minimum atomic E-state index is -0.341. The molecule has 0 aliphatic rings. The number of hydrogen-bond acceptors (Lipinski definition) is 7. The Balaban J connectivity index is 1.64. The third-order valence-corrected chi connectivity index (χ3v) is 5.28. The number of carbonyl (C=O) groups excluding carboxylic acids is 2. The Kier molecular flexibility index (Phi) is 9.19. The number of amides is 2. The zero-order chi connectivity index (χ0) is 25.2. The Morgan fingerprint density at radius 2 is 1.94 bits per heavy atom. The van der Waals surface area contributed by atoms with Gasteiger partial charge < -0.3 is 20.8 Å². The van der Waals surface area contributed by atoms with E-state index in [0.717, 1.165) is 0 Å². The predicted molar refractivity (Wildman–Crippen MR) is 132 cm³/mol. The van der Waals surface area contributed by atoms with Crippen LogP contribution in [0.1, 0.15) is 29.3 Å². The van der Waals surface area contributed by atoms with Crippen molar-refractivity contribution in [3.63, 3.8) is 0 Å². The Labute approximate surface area is 207 Å². The maximum Gasteiger partial charge on any atom is 0.272 e. The Hall–Kier alpha value is -3.92. The number of benzene rings is 1. The molecule has 1 aromatic carbocycles. The number of pyridine rings is 1. The smallest absolute Gasteiger partial charge is 0.272 e. The van der Waals surface area contributed by atoms with Crippen LogP contribution in [-0.2, 0) is 29.1 Å². The van der Waals surface area contributed by atoms with Crippen LogP contribution in [0.15, 0.2) is 53.8 Å². The van der Waals surface area contributed by atoms with Gasteiger partial charge in [-0.15, -0.1) is 0 Å². The lowest BCUT2D eigenvalue weighted by Gasteiger charge is -2.14. The van der Waals surface area contributed by atoms with Crippen LogP contribution < -0.4 is 26.4 Å². The largest absolute Gasteiger partial charge is 0.483 e. The lowest BCUT2D eigenvalue weighted by molar-refractivity contribution is -0.123. The van der Waals surface area contributed by atoms with Crippen LogP contribution in [0.2, 0.25) is 5.02 Å². The minimum absolute atomic E-state index is 0.103. The summed E-state index contributed by atoms with van der Waals surface area (Å²) < 4.78 is 6.91. The van der Waals surface area contributed by atoms with Gasteiger partial charge >= 0.3 is 0 Å². The second-order valence-corrected chi connectivity index (χ2v) is 8.07. The first-order valence-electron chi connectivity index (χ1n) is 11.0. The van der Waals surface area contributed by atoms with Gasteiger partial charge in [0.2, 0.25) is 5.91 Å². The fourth-order valence-electron chi connectivity index (χ4n) is 3.23. The number of aryl methyl sites for hydroxylation is 1. The maximum atomic E-state index is 12.9. The van der Waals surface area contributed by atoms with Crippen LogP contribution in [0.3, 0.4) is 0 Å². The predicted octanol–water partition coefficient (Wildman–Crippen LogP) is 1.72. The first-order valence-corrected chi connectivity index (χ1v) is 11.4. The second kappa shape index (κ2) is 12.5. The molecule has 0 bridgehead atoms. The minimum Gasteiger partial charge on any atom is -0.483 e. The van der Waals surface area contributed by atoms with Crippen molar-refractivity contribution < 1.29 is 14.3 Å². The summed E-state index contributed by atoms with van der Waals surface area (Å²) >= 11 is 6.10. The van der Waals surface area contributed by atoms with E-state index in [1.165, 1.54) is 4.68 Å². The second-order valence-electron chi connectivity index (χ2n) is 7.63. The molecule has 0 spiro atoms. The van der Waals surface area contributed by atoms with E-state index >= 15 is 0 Å². The average molecular weight is 499 g/mol. The number of hydrogen-bond donors (Lipinski definition) is 3. The number of aromatic nitrogens is 3. The molecule has 3 rings (SSSR count). The highest BCUT2D eigenvalue weighted by molar-refractivity contribution is 6.30. The lowest BCUT2D eigenvalue weighted by atomic mass is 10.1. The summed E-state index contributed by atoms with van der Waals surface area (Å²) in [5.74, 6) is -0.153. The van der Waals surface area contributed by atoms with Crippen LogP contribution in [0, 0.1) is 6.92 Å². The van der Waals surface area contributed by atoms with Crippen molar-refractivity contribution in [2.45, 2.75) is 33.4 Å². The fraction of sp³-hybridized carbons (Fsp3) is 0.292. The SMILES string of the molecule is CCNC(=O)COc1ccc(Cl)cc1CNC(=O)Cc1c(C)ccn(NCc2cnccn2)c1=O. The highest BCUT2D eigenvalue weighted by Gasteiger charge is 2.14. The molecule has 35 heavy (non-hydrogen) atoms. The van der Waals surface area contributed by atoms with Crippen molar-refractivity contribution in [1.29, 1.82) is 0 Å². The summed E-state index contributed by atoms with van der Waals surface area (Å²) in [6.45, 7) is 4.37. The maximum absolute atomic E-state index is 12.9. The quantitative estimate of drug-likeness (QED) is 0.367. The molecule has 0 aliphatic heterocycles. The average Bonchev–Trinajstić information content (AvgIpc) is 2.85. The molecule has 2 heterocycles. The summed E-state index contributed by atoms with van der Waals surface area (Å²) in [5, 5.41) is 5.92. The molecule has 11 heteroatoms.